The van der Waals surface area contributed by atoms with Gasteiger partial charge in [-0.15, -0.1) is 0 Å². The third-order valence-electron chi connectivity index (χ3n) is 2.22. The highest BCUT2D eigenvalue weighted by Crippen LogP contribution is 2.24. The largest absolute Gasteiger partial charge is 0.478 e. The number of para-hydroxylation sites is 1. The monoisotopic (exact) mass is 374 g/mol. The fourth-order valence-corrected chi connectivity index (χ4v) is 2.06. The molecule has 0 amide bonds. The van der Waals surface area contributed by atoms with Crippen molar-refractivity contribution in [2.45, 2.75) is 0 Å². The number of carboxylic acids is 1. The predicted molar refractivity (Wildman–Crippen MR) is 78.6 cm³/mol. The van der Waals surface area contributed by atoms with E-state index in [0.29, 0.717) is 0 Å². The zero-order valence-corrected chi connectivity index (χ0v) is 11.9. The average Bonchev–Trinajstić information content (AvgIpc) is 2.32. The van der Waals surface area contributed by atoms with Crippen LogP contribution in [0.1, 0.15) is 10.4 Å². The minimum absolute atomic E-state index is 0.0825. The number of nitrogens with one attached hydrogen (secondary N) is 1. The van der Waals surface area contributed by atoms with E-state index >= 15 is 0 Å². The van der Waals surface area contributed by atoms with Crippen LogP contribution in [0.2, 0.25) is 5.15 Å². The van der Waals surface area contributed by atoms with E-state index in [1.807, 2.05) is 24.3 Å². The third kappa shape index (κ3) is 2.91. The van der Waals surface area contributed by atoms with Gasteiger partial charge in [0.05, 0.1) is 5.69 Å². The van der Waals surface area contributed by atoms with Gasteiger partial charge in [-0.05, 0) is 46.9 Å². The second-order valence-electron chi connectivity index (χ2n) is 3.44. The van der Waals surface area contributed by atoms with E-state index < -0.39 is 5.97 Å². The molecule has 0 saturated heterocycles. The minimum Gasteiger partial charge on any atom is -0.478 e. The summed E-state index contributed by atoms with van der Waals surface area (Å²) in [5.41, 5.74) is 0.870. The lowest BCUT2D eigenvalue weighted by Crippen LogP contribution is -2.05. The van der Waals surface area contributed by atoms with Crippen LogP contribution in [0.4, 0.5) is 11.5 Å². The number of halogens is 2. The van der Waals surface area contributed by atoms with Gasteiger partial charge in [0.1, 0.15) is 16.5 Å². The van der Waals surface area contributed by atoms with Crippen molar-refractivity contribution < 1.29 is 9.90 Å². The maximum atomic E-state index is 11.1. The first-order valence-corrected chi connectivity index (χ1v) is 6.45. The molecule has 0 bridgehead atoms. The SMILES string of the molecule is O=C(O)c1ccc(Cl)nc1Nc1ccccc1I. The molecular formula is C12H8ClIN2O2. The van der Waals surface area contributed by atoms with Crippen LogP contribution in [-0.2, 0) is 0 Å². The second kappa shape index (κ2) is 5.53. The van der Waals surface area contributed by atoms with Gasteiger partial charge in [0.2, 0.25) is 0 Å². The number of pyridine rings is 1. The summed E-state index contributed by atoms with van der Waals surface area (Å²) in [5, 5.41) is 12.3. The van der Waals surface area contributed by atoms with Crippen LogP contribution < -0.4 is 5.32 Å². The fourth-order valence-electron chi connectivity index (χ4n) is 1.39. The van der Waals surface area contributed by atoms with Crippen molar-refractivity contribution in [2.75, 3.05) is 5.32 Å². The summed E-state index contributed by atoms with van der Waals surface area (Å²) in [5.74, 6) is -0.813. The van der Waals surface area contributed by atoms with Crippen LogP contribution in [0.3, 0.4) is 0 Å². The van der Waals surface area contributed by atoms with Crippen LogP contribution in [0.25, 0.3) is 0 Å². The predicted octanol–water partition coefficient (Wildman–Crippen LogP) is 3.78. The van der Waals surface area contributed by atoms with E-state index in [1.165, 1.54) is 12.1 Å². The number of benzene rings is 1. The average molecular weight is 375 g/mol. The number of aromatic nitrogens is 1. The Morgan fingerprint density at radius 2 is 2.00 bits per heavy atom. The van der Waals surface area contributed by atoms with Crippen molar-refractivity contribution in [2.24, 2.45) is 0 Å². The molecule has 1 aromatic carbocycles. The molecule has 0 spiro atoms. The standard InChI is InChI=1S/C12H8ClIN2O2/c13-10-6-5-7(12(17)18)11(16-10)15-9-4-2-1-3-8(9)14/h1-6H,(H,15,16)(H,17,18). The van der Waals surface area contributed by atoms with Crippen LogP contribution in [0.15, 0.2) is 36.4 Å². The molecule has 1 aromatic heterocycles. The van der Waals surface area contributed by atoms with E-state index in [2.05, 4.69) is 32.9 Å². The summed E-state index contributed by atoms with van der Waals surface area (Å²) >= 11 is 7.94. The number of carboxylic acid groups (broad SMARTS) is 1. The highest BCUT2D eigenvalue weighted by Gasteiger charge is 2.13. The maximum Gasteiger partial charge on any atom is 0.339 e. The number of hydrogen-bond acceptors (Lipinski definition) is 3. The second-order valence-corrected chi connectivity index (χ2v) is 4.99. The first kappa shape index (κ1) is 13.1. The maximum absolute atomic E-state index is 11.1. The summed E-state index contributed by atoms with van der Waals surface area (Å²) < 4.78 is 0.966. The third-order valence-corrected chi connectivity index (χ3v) is 3.37. The normalized spacial score (nSPS) is 10.1. The van der Waals surface area contributed by atoms with Crippen molar-refractivity contribution in [3.63, 3.8) is 0 Å². The molecule has 0 aliphatic carbocycles. The molecule has 4 nitrogen and oxygen atoms in total. The highest BCUT2D eigenvalue weighted by molar-refractivity contribution is 14.1. The van der Waals surface area contributed by atoms with Crippen LogP contribution in [0, 0.1) is 3.57 Å². The Labute approximate surface area is 122 Å². The lowest BCUT2D eigenvalue weighted by atomic mass is 10.2. The summed E-state index contributed by atoms with van der Waals surface area (Å²) in [6, 6.07) is 10.4. The van der Waals surface area contributed by atoms with E-state index in [4.69, 9.17) is 16.7 Å². The van der Waals surface area contributed by atoms with Gasteiger partial charge in [-0.1, -0.05) is 23.7 Å². The molecular weight excluding hydrogens is 367 g/mol. The molecule has 6 heteroatoms. The molecule has 2 rings (SSSR count). The van der Waals surface area contributed by atoms with Gasteiger partial charge in [-0.25, -0.2) is 9.78 Å². The summed E-state index contributed by atoms with van der Waals surface area (Å²) in [7, 11) is 0. The van der Waals surface area contributed by atoms with Crippen molar-refractivity contribution in [3.05, 3.63) is 50.7 Å². The Bertz CT molecular complexity index is 604. The van der Waals surface area contributed by atoms with Gasteiger partial charge in [-0.2, -0.15) is 0 Å². The van der Waals surface area contributed by atoms with Gasteiger partial charge in [0.15, 0.2) is 0 Å². The fraction of sp³-hybridized carbons (Fsp3) is 0. The zero-order valence-electron chi connectivity index (χ0n) is 9.02. The first-order chi connectivity index (χ1) is 8.58. The van der Waals surface area contributed by atoms with Crippen molar-refractivity contribution in [3.8, 4) is 0 Å². The Kier molecular flexibility index (Phi) is 4.03. The molecule has 1 heterocycles. The van der Waals surface area contributed by atoms with Gasteiger partial charge in [0, 0.05) is 3.57 Å². The number of carbonyl (C=O) groups is 1. The van der Waals surface area contributed by atoms with Gasteiger partial charge in [-0.3, -0.25) is 0 Å². The lowest BCUT2D eigenvalue weighted by molar-refractivity contribution is 0.0697. The molecule has 18 heavy (non-hydrogen) atoms. The molecule has 0 aliphatic heterocycles. The Balaban J connectivity index is 2.42. The van der Waals surface area contributed by atoms with E-state index in [9.17, 15) is 4.79 Å². The van der Waals surface area contributed by atoms with Gasteiger partial charge in [0.25, 0.3) is 0 Å². The Hall–Kier alpha value is -1.34. The van der Waals surface area contributed by atoms with Gasteiger partial charge >= 0.3 is 5.97 Å². The molecule has 0 atom stereocenters. The van der Waals surface area contributed by atoms with Crippen molar-refractivity contribution >= 4 is 51.7 Å². The molecule has 92 valence electrons. The minimum atomic E-state index is -1.05. The molecule has 0 fully saturated rings. The molecule has 0 unspecified atom stereocenters. The van der Waals surface area contributed by atoms with Crippen molar-refractivity contribution in [1.29, 1.82) is 0 Å². The van der Waals surface area contributed by atoms with E-state index in [1.54, 1.807) is 0 Å². The quantitative estimate of drug-likeness (QED) is 0.634. The van der Waals surface area contributed by atoms with Gasteiger partial charge < -0.3 is 10.4 Å². The van der Waals surface area contributed by atoms with Crippen LogP contribution >= 0.6 is 34.2 Å². The number of aromatic carboxylic acids is 1. The molecule has 0 radical (unpaired) electrons. The topological polar surface area (TPSA) is 62.2 Å². The smallest absolute Gasteiger partial charge is 0.339 e. The molecule has 0 aliphatic rings. The van der Waals surface area contributed by atoms with Crippen molar-refractivity contribution in [1.82, 2.24) is 4.98 Å². The molecule has 2 aromatic rings. The van der Waals surface area contributed by atoms with Crippen LogP contribution in [0.5, 0.6) is 0 Å². The first-order valence-electron chi connectivity index (χ1n) is 4.99. The number of hydrogen-bond donors (Lipinski definition) is 2. The van der Waals surface area contributed by atoms with Crippen LogP contribution in [-0.4, -0.2) is 16.1 Å². The molecule has 2 N–H and O–H groups in total. The lowest BCUT2D eigenvalue weighted by Gasteiger charge is -2.10. The Morgan fingerprint density at radius 1 is 1.28 bits per heavy atom. The zero-order chi connectivity index (χ0) is 13.1. The summed E-state index contributed by atoms with van der Waals surface area (Å²) in [6.45, 7) is 0. The summed E-state index contributed by atoms with van der Waals surface area (Å²) in [6.07, 6.45) is 0. The molecule has 0 saturated carbocycles. The van der Waals surface area contributed by atoms with E-state index in [0.717, 1.165) is 9.26 Å². The summed E-state index contributed by atoms with van der Waals surface area (Å²) in [4.78, 5) is 15.1. The number of nitrogens with zero attached hydrogens (tertiary/aromatic N) is 1. The highest BCUT2D eigenvalue weighted by atomic mass is 127. The number of rotatable bonds is 3. The Morgan fingerprint density at radius 3 is 2.67 bits per heavy atom. The van der Waals surface area contributed by atoms with E-state index in [-0.39, 0.29) is 16.5 Å². The number of anilines is 2.